The molecular weight excluding hydrogens is 206 g/mol. The molecule has 0 spiro atoms. The summed E-state index contributed by atoms with van der Waals surface area (Å²) in [5.74, 6) is -0.289. The standard InChI is InChI=1S/C10H10F2OS/c11-10(12)6-8(13)7-14-9-4-2-1-3-5-9/h1-5,10H,6-7H2. The summed E-state index contributed by atoms with van der Waals surface area (Å²) in [5.41, 5.74) is 0. The molecule has 0 aliphatic carbocycles. The van der Waals surface area contributed by atoms with E-state index in [2.05, 4.69) is 0 Å². The molecule has 0 saturated carbocycles. The van der Waals surface area contributed by atoms with Crippen molar-refractivity contribution >= 4 is 17.5 Å². The lowest BCUT2D eigenvalue weighted by Crippen LogP contribution is -2.06. The van der Waals surface area contributed by atoms with Crippen LogP contribution >= 0.6 is 11.8 Å². The summed E-state index contributed by atoms with van der Waals surface area (Å²) >= 11 is 1.29. The molecular formula is C10H10F2OS. The van der Waals surface area contributed by atoms with E-state index in [1.54, 1.807) is 0 Å². The second-order valence-corrected chi connectivity index (χ2v) is 3.78. The number of alkyl halides is 2. The van der Waals surface area contributed by atoms with Gasteiger partial charge in [0.05, 0.1) is 12.2 Å². The van der Waals surface area contributed by atoms with Crippen LogP contribution < -0.4 is 0 Å². The van der Waals surface area contributed by atoms with E-state index in [1.165, 1.54) is 11.8 Å². The highest BCUT2D eigenvalue weighted by molar-refractivity contribution is 8.00. The van der Waals surface area contributed by atoms with Gasteiger partial charge in [0.1, 0.15) is 5.78 Å². The maximum atomic E-state index is 11.8. The van der Waals surface area contributed by atoms with Gasteiger partial charge in [-0.25, -0.2) is 8.78 Å². The van der Waals surface area contributed by atoms with Crippen LogP contribution in [-0.2, 0) is 4.79 Å². The molecule has 0 N–H and O–H groups in total. The number of carbonyl (C=O) groups excluding carboxylic acids is 1. The predicted octanol–water partition coefficient (Wildman–Crippen LogP) is 3.00. The molecule has 0 aliphatic heterocycles. The SMILES string of the molecule is O=C(CSc1ccccc1)CC(F)F. The number of ketones is 1. The smallest absolute Gasteiger partial charge is 0.245 e. The van der Waals surface area contributed by atoms with Crippen LogP contribution in [0.4, 0.5) is 8.78 Å². The van der Waals surface area contributed by atoms with E-state index < -0.39 is 18.6 Å². The van der Waals surface area contributed by atoms with Gasteiger partial charge in [-0.1, -0.05) is 18.2 Å². The van der Waals surface area contributed by atoms with Gasteiger partial charge in [-0.15, -0.1) is 11.8 Å². The van der Waals surface area contributed by atoms with Crippen LogP contribution in [-0.4, -0.2) is 18.0 Å². The summed E-state index contributed by atoms with van der Waals surface area (Å²) in [6, 6.07) is 9.26. The first-order valence-electron chi connectivity index (χ1n) is 4.16. The zero-order valence-corrected chi connectivity index (χ0v) is 8.27. The average Bonchev–Trinajstić information content (AvgIpc) is 2.15. The molecule has 0 unspecified atom stereocenters. The number of rotatable bonds is 5. The number of Topliss-reactive ketones (excluding diaryl/α,β-unsaturated/α-hetero) is 1. The van der Waals surface area contributed by atoms with Crippen molar-refractivity contribution in [3.63, 3.8) is 0 Å². The fourth-order valence-corrected chi connectivity index (χ4v) is 1.71. The van der Waals surface area contributed by atoms with Crippen molar-refractivity contribution in [3.8, 4) is 0 Å². The Labute approximate surface area is 85.5 Å². The quantitative estimate of drug-likeness (QED) is 0.704. The number of hydrogen-bond donors (Lipinski definition) is 0. The molecule has 0 bridgehead atoms. The molecule has 0 heterocycles. The summed E-state index contributed by atoms with van der Waals surface area (Å²) in [4.78, 5) is 11.9. The molecule has 76 valence electrons. The average molecular weight is 216 g/mol. The third kappa shape index (κ3) is 4.37. The topological polar surface area (TPSA) is 17.1 Å². The van der Waals surface area contributed by atoms with Gasteiger partial charge >= 0.3 is 0 Å². The molecule has 1 aromatic rings. The summed E-state index contributed by atoms with van der Waals surface area (Å²) < 4.78 is 23.6. The van der Waals surface area contributed by atoms with Crippen LogP contribution in [0, 0.1) is 0 Å². The van der Waals surface area contributed by atoms with Gasteiger partial charge in [0.25, 0.3) is 0 Å². The minimum absolute atomic E-state index is 0.119. The van der Waals surface area contributed by atoms with Gasteiger partial charge in [0.2, 0.25) is 6.43 Å². The van der Waals surface area contributed by atoms with Crippen molar-refractivity contribution in [1.82, 2.24) is 0 Å². The molecule has 0 radical (unpaired) electrons. The zero-order chi connectivity index (χ0) is 10.4. The first kappa shape index (κ1) is 11.2. The van der Waals surface area contributed by atoms with E-state index in [-0.39, 0.29) is 5.75 Å². The predicted molar refractivity (Wildman–Crippen MR) is 52.8 cm³/mol. The fraction of sp³-hybridized carbons (Fsp3) is 0.300. The monoisotopic (exact) mass is 216 g/mol. The highest BCUT2D eigenvalue weighted by Crippen LogP contribution is 2.17. The van der Waals surface area contributed by atoms with Gasteiger partial charge in [-0.2, -0.15) is 0 Å². The number of thioether (sulfide) groups is 1. The lowest BCUT2D eigenvalue weighted by atomic mass is 10.3. The minimum Gasteiger partial charge on any atom is -0.299 e. The molecule has 0 aliphatic rings. The molecule has 0 aromatic heterocycles. The van der Waals surface area contributed by atoms with Gasteiger partial charge in [-0.3, -0.25) is 4.79 Å². The molecule has 1 aromatic carbocycles. The van der Waals surface area contributed by atoms with Crippen molar-refractivity contribution in [2.24, 2.45) is 0 Å². The highest BCUT2D eigenvalue weighted by Gasteiger charge is 2.10. The summed E-state index contributed by atoms with van der Waals surface area (Å²) in [6.45, 7) is 0. The van der Waals surface area contributed by atoms with E-state index >= 15 is 0 Å². The molecule has 0 saturated heterocycles. The van der Waals surface area contributed by atoms with Crippen molar-refractivity contribution in [3.05, 3.63) is 30.3 Å². The molecule has 14 heavy (non-hydrogen) atoms. The lowest BCUT2D eigenvalue weighted by molar-refractivity contribution is -0.118. The molecule has 1 nitrogen and oxygen atoms in total. The van der Waals surface area contributed by atoms with E-state index in [9.17, 15) is 13.6 Å². The Bertz CT molecular complexity index is 287. The van der Waals surface area contributed by atoms with Crippen LogP contribution in [0.3, 0.4) is 0 Å². The van der Waals surface area contributed by atoms with Gasteiger partial charge < -0.3 is 0 Å². The maximum absolute atomic E-state index is 11.8. The Morgan fingerprint density at radius 1 is 1.29 bits per heavy atom. The minimum atomic E-state index is -2.53. The highest BCUT2D eigenvalue weighted by atomic mass is 32.2. The summed E-state index contributed by atoms with van der Waals surface area (Å²) in [7, 11) is 0. The molecule has 1 rings (SSSR count). The van der Waals surface area contributed by atoms with Gasteiger partial charge in [-0.05, 0) is 12.1 Å². The van der Waals surface area contributed by atoms with E-state index in [0.29, 0.717) is 0 Å². The Kier molecular flexibility index (Phi) is 4.59. The summed E-state index contributed by atoms with van der Waals surface area (Å²) in [6.07, 6.45) is -3.17. The van der Waals surface area contributed by atoms with Crippen LogP contribution in [0.15, 0.2) is 35.2 Å². The van der Waals surface area contributed by atoms with Crippen LogP contribution in [0.1, 0.15) is 6.42 Å². The van der Waals surface area contributed by atoms with Gasteiger partial charge in [0.15, 0.2) is 0 Å². The number of carbonyl (C=O) groups is 1. The van der Waals surface area contributed by atoms with E-state index in [4.69, 9.17) is 0 Å². The Hall–Kier alpha value is -0.900. The second kappa shape index (κ2) is 5.75. The number of halogens is 2. The van der Waals surface area contributed by atoms with Crippen molar-refractivity contribution in [2.75, 3.05) is 5.75 Å². The molecule has 0 amide bonds. The zero-order valence-electron chi connectivity index (χ0n) is 7.45. The largest absolute Gasteiger partial charge is 0.299 e. The Balaban J connectivity index is 2.31. The van der Waals surface area contributed by atoms with Crippen LogP contribution in [0.5, 0.6) is 0 Å². The molecule has 4 heteroatoms. The van der Waals surface area contributed by atoms with E-state index in [1.807, 2.05) is 30.3 Å². The molecule has 0 fully saturated rings. The number of hydrogen-bond acceptors (Lipinski definition) is 2. The Morgan fingerprint density at radius 2 is 1.93 bits per heavy atom. The fourth-order valence-electron chi connectivity index (χ4n) is 0.912. The second-order valence-electron chi connectivity index (χ2n) is 2.74. The number of benzene rings is 1. The Morgan fingerprint density at radius 3 is 2.50 bits per heavy atom. The van der Waals surface area contributed by atoms with E-state index in [0.717, 1.165) is 4.90 Å². The van der Waals surface area contributed by atoms with Gasteiger partial charge in [0, 0.05) is 4.90 Å². The van der Waals surface area contributed by atoms with Crippen molar-refractivity contribution in [1.29, 1.82) is 0 Å². The van der Waals surface area contributed by atoms with Crippen LogP contribution in [0.25, 0.3) is 0 Å². The third-order valence-electron chi connectivity index (χ3n) is 1.53. The lowest BCUT2D eigenvalue weighted by Gasteiger charge is -2.00. The first-order chi connectivity index (χ1) is 6.68. The maximum Gasteiger partial charge on any atom is 0.245 e. The van der Waals surface area contributed by atoms with Crippen LogP contribution in [0.2, 0.25) is 0 Å². The normalized spacial score (nSPS) is 10.5. The summed E-state index contributed by atoms with van der Waals surface area (Å²) in [5, 5.41) is 0. The molecule has 0 atom stereocenters. The van der Waals surface area contributed by atoms with Crippen molar-refractivity contribution in [2.45, 2.75) is 17.7 Å². The third-order valence-corrected chi connectivity index (χ3v) is 2.60. The first-order valence-corrected chi connectivity index (χ1v) is 5.14. The van der Waals surface area contributed by atoms with Crippen molar-refractivity contribution < 1.29 is 13.6 Å².